The largest absolute Gasteiger partial charge is 0.344 e. The monoisotopic (exact) mass is 480 g/mol. The molecule has 0 radical (unpaired) electrons. The van der Waals surface area contributed by atoms with Gasteiger partial charge in [-0.3, -0.25) is 9.79 Å². The van der Waals surface area contributed by atoms with Gasteiger partial charge in [0.15, 0.2) is 0 Å². The first-order valence-corrected chi connectivity index (χ1v) is 13.4. The molecule has 0 aromatic heterocycles. The van der Waals surface area contributed by atoms with E-state index in [0.717, 1.165) is 37.2 Å². The molecule has 0 unspecified atom stereocenters. The fraction of sp³-hybridized carbons (Fsp3) is 0.394. The lowest BCUT2D eigenvalue weighted by atomic mass is 9.81. The van der Waals surface area contributed by atoms with E-state index in [9.17, 15) is 4.79 Å². The van der Waals surface area contributed by atoms with Gasteiger partial charge in [-0.15, -0.1) is 0 Å². The molecule has 0 N–H and O–H groups in total. The Morgan fingerprint density at radius 2 is 1.58 bits per heavy atom. The van der Waals surface area contributed by atoms with Crippen LogP contribution in [0.15, 0.2) is 89.6 Å². The number of Topliss-reactive ketones (excluding diaryl/α,β-unsaturated/α-hetero) is 1. The first kappa shape index (κ1) is 25.9. The van der Waals surface area contributed by atoms with Crippen molar-refractivity contribution in [2.45, 2.75) is 77.6 Å². The van der Waals surface area contributed by atoms with Crippen LogP contribution in [-0.4, -0.2) is 18.0 Å². The number of allylic oxidation sites excluding steroid dienone is 6. The highest BCUT2D eigenvalue weighted by Crippen LogP contribution is 2.47. The van der Waals surface area contributed by atoms with Gasteiger partial charge in [0.2, 0.25) is 0 Å². The Labute approximate surface area is 217 Å². The van der Waals surface area contributed by atoms with Crippen molar-refractivity contribution in [3.63, 3.8) is 0 Å². The maximum absolute atomic E-state index is 11.6. The number of unbranched alkanes of at least 4 members (excludes halogenated alkanes) is 2. The lowest BCUT2D eigenvalue weighted by molar-refractivity contribution is -0.118. The number of fused-ring (bicyclic) bond motifs is 2. The number of carbonyl (C=O) groups excluding carboxylic acids is 1. The predicted octanol–water partition coefficient (Wildman–Crippen LogP) is 8.38. The fourth-order valence-corrected chi connectivity index (χ4v) is 5.44. The van der Waals surface area contributed by atoms with Crippen molar-refractivity contribution in [1.29, 1.82) is 0 Å². The van der Waals surface area contributed by atoms with Gasteiger partial charge >= 0.3 is 0 Å². The van der Waals surface area contributed by atoms with Crippen molar-refractivity contribution in [3.05, 3.63) is 95.7 Å². The highest BCUT2D eigenvalue weighted by molar-refractivity contribution is 6.08. The van der Waals surface area contributed by atoms with Crippen molar-refractivity contribution in [3.8, 4) is 0 Å². The van der Waals surface area contributed by atoms with E-state index in [1.165, 1.54) is 22.5 Å². The van der Waals surface area contributed by atoms with Crippen molar-refractivity contribution >= 4 is 22.9 Å². The third-order valence-corrected chi connectivity index (χ3v) is 7.72. The average Bonchev–Trinajstić information content (AvgIpc) is 3.25. The highest BCUT2D eigenvalue weighted by Gasteiger charge is 2.39. The summed E-state index contributed by atoms with van der Waals surface area (Å²) in [5.74, 6) is 0.372. The second-order valence-electron chi connectivity index (χ2n) is 10.9. The van der Waals surface area contributed by atoms with Crippen LogP contribution in [0, 0.1) is 0 Å². The topological polar surface area (TPSA) is 32.7 Å². The number of hydrogen-bond acceptors (Lipinski definition) is 3. The SMILES string of the molecule is CCC(=O)CCCCCN1/C(=C/C=C/C=C/C2=Nc3ccccc3C2(C)C)C(C)(C)c2ccccc21. The van der Waals surface area contributed by atoms with Crippen molar-refractivity contribution in [1.82, 2.24) is 0 Å². The molecule has 0 spiro atoms. The van der Waals surface area contributed by atoms with E-state index in [2.05, 4.69) is 112 Å². The fourth-order valence-electron chi connectivity index (χ4n) is 5.44. The summed E-state index contributed by atoms with van der Waals surface area (Å²) in [4.78, 5) is 19.0. The van der Waals surface area contributed by atoms with E-state index in [0.29, 0.717) is 18.6 Å². The molecule has 188 valence electrons. The van der Waals surface area contributed by atoms with E-state index in [-0.39, 0.29) is 10.8 Å². The van der Waals surface area contributed by atoms with E-state index in [1.54, 1.807) is 0 Å². The molecule has 4 rings (SSSR count). The third-order valence-electron chi connectivity index (χ3n) is 7.72. The van der Waals surface area contributed by atoms with Gasteiger partial charge in [-0.1, -0.05) is 95.7 Å². The molecule has 0 fully saturated rings. The molecule has 0 saturated carbocycles. The summed E-state index contributed by atoms with van der Waals surface area (Å²) in [5.41, 5.74) is 7.34. The molecule has 0 saturated heterocycles. The molecule has 2 aromatic carbocycles. The van der Waals surface area contributed by atoms with Gasteiger partial charge in [0.05, 0.1) is 11.4 Å². The zero-order chi connectivity index (χ0) is 25.8. The maximum atomic E-state index is 11.6. The van der Waals surface area contributed by atoms with Gasteiger partial charge in [-0.2, -0.15) is 0 Å². The molecule has 0 bridgehead atoms. The molecule has 0 amide bonds. The Hall–Kier alpha value is -3.20. The summed E-state index contributed by atoms with van der Waals surface area (Å²) in [5, 5.41) is 0. The molecule has 0 atom stereocenters. The van der Waals surface area contributed by atoms with Crippen LogP contribution in [0.3, 0.4) is 0 Å². The Kier molecular flexibility index (Phi) is 7.78. The van der Waals surface area contributed by atoms with Crippen LogP contribution in [0.1, 0.15) is 77.8 Å². The minimum atomic E-state index is -0.0764. The zero-order valence-electron chi connectivity index (χ0n) is 22.6. The standard InChI is InChI=1S/C33H40N2O/c1-6-25(36)17-9-8-16-24-35-29-21-15-13-19-27(29)33(4,5)31(35)23-11-7-10-22-30-32(2,3)26-18-12-14-20-28(26)34-30/h7,10-15,18-23H,6,8-9,16-17,24H2,1-5H3/b11-7+,22-10+,31-23+. The molecule has 3 nitrogen and oxygen atoms in total. The number of para-hydroxylation sites is 2. The van der Waals surface area contributed by atoms with E-state index in [1.807, 2.05) is 6.92 Å². The highest BCUT2D eigenvalue weighted by atomic mass is 16.1. The van der Waals surface area contributed by atoms with Gasteiger partial charge < -0.3 is 4.90 Å². The molecule has 2 aromatic rings. The molecule has 3 heteroatoms. The number of hydrogen-bond donors (Lipinski definition) is 0. The number of anilines is 1. The van der Waals surface area contributed by atoms with Crippen LogP contribution < -0.4 is 4.90 Å². The molecule has 2 aliphatic rings. The average molecular weight is 481 g/mol. The molecule has 0 aliphatic carbocycles. The number of nitrogens with zero attached hydrogens (tertiary/aromatic N) is 2. The number of carbonyl (C=O) groups is 1. The second-order valence-corrected chi connectivity index (χ2v) is 10.9. The van der Waals surface area contributed by atoms with Crippen molar-refractivity contribution in [2.24, 2.45) is 4.99 Å². The van der Waals surface area contributed by atoms with Crippen molar-refractivity contribution < 1.29 is 4.79 Å². The molecular weight excluding hydrogens is 440 g/mol. The van der Waals surface area contributed by atoms with E-state index in [4.69, 9.17) is 4.99 Å². The maximum Gasteiger partial charge on any atom is 0.132 e. The third kappa shape index (κ3) is 5.16. The second kappa shape index (κ2) is 10.8. The zero-order valence-corrected chi connectivity index (χ0v) is 22.6. The predicted molar refractivity (Wildman–Crippen MR) is 154 cm³/mol. The minimum absolute atomic E-state index is 0.0536. The summed E-state index contributed by atoms with van der Waals surface area (Å²) in [6.45, 7) is 12.0. The summed E-state index contributed by atoms with van der Waals surface area (Å²) < 4.78 is 0. The molecular formula is C33H40N2O. The first-order chi connectivity index (χ1) is 17.3. The Morgan fingerprint density at radius 3 is 2.33 bits per heavy atom. The van der Waals surface area contributed by atoms with Gasteiger partial charge in [-0.05, 0) is 48.3 Å². The lowest BCUT2D eigenvalue weighted by Crippen LogP contribution is -2.27. The van der Waals surface area contributed by atoms with Crippen LogP contribution in [0.4, 0.5) is 11.4 Å². The van der Waals surface area contributed by atoms with Gasteiger partial charge in [-0.25, -0.2) is 0 Å². The molecule has 2 heterocycles. The Bertz CT molecular complexity index is 1230. The van der Waals surface area contributed by atoms with Crippen molar-refractivity contribution in [2.75, 3.05) is 11.4 Å². The summed E-state index contributed by atoms with van der Waals surface area (Å²) in [7, 11) is 0. The molecule has 2 aliphatic heterocycles. The minimum Gasteiger partial charge on any atom is -0.344 e. The van der Waals surface area contributed by atoms with Crippen LogP contribution in [0.25, 0.3) is 0 Å². The lowest BCUT2D eigenvalue weighted by Gasteiger charge is -2.27. The normalized spacial score (nSPS) is 18.8. The summed E-state index contributed by atoms with van der Waals surface area (Å²) in [6.07, 6.45) is 15.3. The van der Waals surface area contributed by atoms with Crippen LogP contribution in [0.2, 0.25) is 0 Å². The van der Waals surface area contributed by atoms with E-state index < -0.39 is 0 Å². The quantitative estimate of drug-likeness (QED) is 0.253. The number of aliphatic imine (C=N–C) groups is 1. The van der Waals surface area contributed by atoms with Gasteiger partial charge in [0, 0.05) is 41.6 Å². The first-order valence-electron chi connectivity index (χ1n) is 13.4. The van der Waals surface area contributed by atoms with Gasteiger partial charge in [0.25, 0.3) is 0 Å². The number of benzene rings is 2. The van der Waals surface area contributed by atoms with E-state index >= 15 is 0 Å². The van der Waals surface area contributed by atoms with Gasteiger partial charge in [0.1, 0.15) is 5.78 Å². The Morgan fingerprint density at radius 1 is 0.861 bits per heavy atom. The van der Waals surface area contributed by atoms with Crippen LogP contribution >= 0.6 is 0 Å². The summed E-state index contributed by atoms with van der Waals surface area (Å²) >= 11 is 0. The van der Waals surface area contributed by atoms with Crippen LogP contribution in [-0.2, 0) is 15.6 Å². The smallest absolute Gasteiger partial charge is 0.132 e. The van der Waals surface area contributed by atoms with Crippen LogP contribution in [0.5, 0.6) is 0 Å². The molecule has 36 heavy (non-hydrogen) atoms. The number of rotatable bonds is 10. The Balaban J connectivity index is 1.47. The summed E-state index contributed by atoms with van der Waals surface area (Å²) in [6, 6.07) is 17.2. The number of ketones is 1.